The van der Waals surface area contributed by atoms with E-state index in [1.807, 2.05) is 30.3 Å². The van der Waals surface area contributed by atoms with Gasteiger partial charge < -0.3 is 18.8 Å². The topological polar surface area (TPSA) is 100 Å². The summed E-state index contributed by atoms with van der Waals surface area (Å²) in [6, 6.07) is 14.9. The van der Waals surface area contributed by atoms with E-state index in [4.69, 9.17) is 14.2 Å². The first-order valence-electron chi connectivity index (χ1n) is 13.9. The highest BCUT2D eigenvalue weighted by Gasteiger charge is 2.29. The van der Waals surface area contributed by atoms with Crippen LogP contribution >= 0.6 is 15.9 Å². The predicted molar refractivity (Wildman–Crippen MR) is 167 cm³/mol. The Labute approximate surface area is 269 Å². The Morgan fingerprint density at radius 3 is 2.43 bits per heavy atom. The molecule has 0 spiro atoms. The Morgan fingerprint density at radius 2 is 1.78 bits per heavy atom. The van der Waals surface area contributed by atoms with E-state index in [2.05, 4.69) is 36.2 Å². The summed E-state index contributed by atoms with van der Waals surface area (Å²) < 4.78 is 73.7. The number of ether oxygens (including phenoxy) is 3. The number of benzene rings is 2. The van der Waals surface area contributed by atoms with Gasteiger partial charge in [-0.2, -0.15) is 9.37 Å². The zero-order valence-electron chi connectivity index (χ0n) is 25.0. The van der Waals surface area contributed by atoms with Crippen LogP contribution < -0.4 is 14.8 Å². The molecule has 5 rings (SSSR count). The third kappa shape index (κ3) is 7.22. The molecule has 0 aliphatic rings. The molecule has 14 heteroatoms. The highest BCUT2D eigenvalue weighted by molar-refractivity contribution is 9.10. The molecule has 0 radical (unpaired) electrons. The third-order valence-corrected chi connectivity index (χ3v) is 7.18. The van der Waals surface area contributed by atoms with Crippen LogP contribution in [0.4, 0.5) is 28.0 Å². The second kappa shape index (κ2) is 13.3. The lowest BCUT2D eigenvalue weighted by Crippen LogP contribution is -2.27. The number of hydrogen-bond donors (Lipinski definition) is 1. The number of halogens is 5. The Morgan fingerprint density at radius 1 is 1.04 bits per heavy atom. The van der Waals surface area contributed by atoms with Crippen molar-refractivity contribution in [3.05, 3.63) is 88.5 Å². The zero-order valence-corrected chi connectivity index (χ0v) is 26.6. The molecule has 2 aromatic carbocycles. The van der Waals surface area contributed by atoms with Gasteiger partial charge >= 0.3 is 12.5 Å². The second-order valence-electron chi connectivity index (χ2n) is 11.1. The van der Waals surface area contributed by atoms with Crippen LogP contribution in [-0.4, -0.2) is 44.0 Å². The summed E-state index contributed by atoms with van der Waals surface area (Å²) in [5, 5.41) is 2.62. The van der Waals surface area contributed by atoms with Crippen molar-refractivity contribution in [2.24, 2.45) is 0 Å². The van der Waals surface area contributed by atoms with E-state index in [1.165, 1.54) is 29.0 Å². The van der Waals surface area contributed by atoms with Crippen molar-refractivity contribution in [2.45, 2.75) is 52.7 Å². The molecule has 3 aromatic heterocycles. The second-order valence-corrected chi connectivity index (χ2v) is 11.9. The number of alkyl halides is 3. The SMILES string of the molecule is Cc1cc(NC(=O)OC(C)(C)C)cnc1-c1c(Br)c2ncnc(OC(F)C(F)F)c2n1-c1ccc(OCc2ccccc2)c(F)c1. The minimum absolute atomic E-state index is 0.0258. The molecule has 3 heterocycles. The van der Waals surface area contributed by atoms with Crippen molar-refractivity contribution in [2.75, 3.05) is 5.32 Å². The van der Waals surface area contributed by atoms with Crippen LogP contribution in [-0.2, 0) is 11.3 Å². The monoisotopic (exact) mass is 701 g/mol. The van der Waals surface area contributed by atoms with Crippen LogP contribution in [0.5, 0.6) is 11.6 Å². The molecule has 0 aliphatic heterocycles. The minimum Gasteiger partial charge on any atom is -0.486 e. The predicted octanol–water partition coefficient (Wildman–Crippen LogP) is 8.56. The fraction of sp³-hybridized carbons (Fsp3) is 0.250. The first kappa shape index (κ1) is 32.7. The Bertz CT molecular complexity index is 1880. The number of aromatic nitrogens is 4. The van der Waals surface area contributed by atoms with Gasteiger partial charge in [0.15, 0.2) is 11.6 Å². The van der Waals surface area contributed by atoms with Crippen molar-refractivity contribution >= 4 is 38.7 Å². The van der Waals surface area contributed by atoms with E-state index in [9.17, 15) is 18.0 Å². The summed E-state index contributed by atoms with van der Waals surface area (Å²) in [6.07, 6.45) is -4.71. The molecule has 9 nitrogen and oxygen atoms in total. The van der Waals surface area contributed by atoms with E-state index in [1.54, 1.807) is 33.8 Å². The maximum Gasteiger partial charge on any atom is 0.412 e. The summed E-state index contributed by atoms with van der Waals surface area (Å²) in [5.74, 6) is -1.27. The maximum atomic E-state index is 15.5. The number of rotatable bonds is 9. The number of nitrogens with zero attached hydrogens (tertiary/aromatic N) is 4. The van der Waals surface area contributed by atoms with Crippen LogP contribution in [0, 0.1) is 12.7 Å². The first-order valence-corrected chi connectivity index (χ1v) is 14.7. The Balaban J connectivity index is 1.62. The molecule has 46 heavy (non-hydrogen) atoms. The number of hydrogen-bond acceptors (Lipinski definition) is 7. The van der Waals surface area contributed by atoms with Gasteiger partial charge in [-0.25, -0.2) is 22.9 Å². The molecular weight excluding hydrogens is 674 g/mol. The van der Waals surface area contributed by atoms with Gasteiger partial charge in [-0.1, -0.05) is 30.3 Å². The molecule has 0 aliphatic carbocycles. The average Bonchev–Trinajstić information content (AvgIpc) is 3.28. The van der Waals surface area contributed by atoms with Gasteiger partial charge in [0.2, 0.25) is 5.88 Å². The summed E-state index contributed by atoms with van der Waals surface area (Å²) in [5.41, 5.74) is 1.94. The molecule has 1 unspecified atom stereocenters. The summed E-state index contributed by atoms with van der Waals surface area (Å²) in [7, 11) is 0. The van der Waals surface area contributed by atoms with Crippen molar-refractivity contribution in [3.63, 3.8) is 0 Å². The molecule has 240 valence electrons. The normalized spacial score (nSPS) is 12.3. The van der Waals surface area contributed by atoms with Gasteiger partial charge in [0.1, 0.15) is 29.6 Å². The molecule has 0 fully saturated rings. The standard InChI is InChI=1S/C32H28BrF4N5O4/c1-17-12-19(41-31(43)46-32(2,3)4)14-38-24(17)26-23(33)25-27(30(40-16-39-25)45-29(37)28(35)36)42(26)20-10-11-22(21(34)13-20)44-15-18-8-6-5-7-9-18/h5-14,16,28-29H,15H2,1-4H3,(H,41,43). The van der Waals surface area contributed by atoms with Gasteiger partial charge in [0.05, 0.1) is 27.7 Å². The molecule has 0 bridgehead atoms. The molecule has 1 amide bonds. The van der Waals surface area contributed by atoms with E-state index in [0.29, 0.717) is 27.1 Å². The van der Waals surface area contributed by atoms with E-state index < -0.39 is 36.2 Å². The van der Waals surface area contributed by atoms with Crippen LogP contribution in [0.3, 0.4) is 0 Å². The number of carbonyl (C=O) groups is 1. The van der Waals surface area contributed by atoms with E-state index in [0.717, 1.165) is 11.9 Å². The van der Waals surface area contributed by atoms with Crippen LogP contribution in [0.1, 0.15) is 31.9 Å². The highest BCUT2D eigenvalue weighted by Crippen LogP contribution is 2.43. The fourth-order valence-corrected chi connectivity index (χ4v) is 5.21. The first-order chi connectivity index (χ1) is 21.8. The van der Waals surface area contributed by atoms with Gasteiger partial charge in [-0.3, -0.25) is 10.3 Å². The molecule has 0 saturated heterocycles. The zero-order chi connectivity index (χ0) is 33.2. The van der Waals surface area contributed by atoms with Crippen molar-refractivity contribution in [1.29, 1.82) is 0 Å². The average molecular weight is 703 g/mol. The molecule has 5 aromatic rings. The molecule has 0 saturated carbocycles. The third-order valence-electron chi connectivity index (χ3n) is 6.43. The lowest BCUT2D eigenvalue weighted by molar-refractivity contribution is -0.0683. The number of pyridine rings is 1. The number of carbonyl (C=O) groups excluding carboxylic acids is 1. The quantitative estimate of drug-likeness (QED) is 0.154. The van der Waals surface area contributed by atoms with Crippen molar-refractivity contribution in [1.82, 2.24) is 19.5 Å². The summed E-state index contributed by atoms with van der Waals surface area (Å²) in [4.78, 5) is 25.1. The van der Waals surface area contributed by atoms with Gasteiger partial charge in [0, 0.05) is 11.8 Å². The minimum atomic E-state index is -3.45. The number of amides is 1. The molecule has 1 atom stereocenters. The maximum absolute atomic E-state index is 15.5. The van der Waals surface area contributed by atoms with E-state index >= 15 is 4.39 Å². The van der Waals surface area contributed by atoms with Crippen LogP contribution in [0.2, 0.25) is 0 Å². The Hall–Kier alpha value is -4.72. The number of anilines is 1. The Kier molecular flexibility index (Phi) is 9.47. The smallest absolute Gasteiger partial charge is 0.412 e. The van der Waals surface area contributed by atoms with Crippen molar-refractivity contribution < 1.29 is 36.6 Å². The van der Waals surface area contributed by atoms with Gasteiger partial charge in [-0.15, -0.1) is 0 Å². The number of fused-ring (bicyclic) bond motifs is 1. The summed E-state index contributed by atoms with van der Waals surface area (Å²) in [6.45, 7) is 7.02. The van der Waals surface area contributed by atoms with E-state index in [-0.39, 0.29) is 29.1 Å². The number of nitrogens with one attached hydrogen (secondary N) is 1. The van der Waals surface area contributed by atoms with Crippen molar-refractivity contribution in [3.8, 4) is 28.7 Å². The van der Waals surface area contributed by atoms with Gasteiger partial charge in [0.25, 0.3) is 6.36 Å². The van der Waals surface area contributed by atoms with Crippen LogP contribution in [0.25, 0.3) is 28.1 Å². The largest absolute Gasteiger partial charge is 0.486 e. The summed E-state index contributed by atoms with van der Waals surface area (Å²) >= 11 is 3.52. The highest BCUT2D eigenvalue weighted by atomic mass is 79.9. The lowest BCUT2D eigenvalue weighted by atomic mass is 10.1. The molecular formula is C32H28BrF4N5O4. The number of aryl methyl sites for hydroxylation is 1. The fourth-order valence-electron chi connectivity index (χ4n) is 4.55. The van der Waals surface area contributed by atoms with Gasteiger partial charge in [-0.05, 0) is 73.0 Å². The van der Waals surface area contributed by atoms with Crippen LogP contribution in [0.15, 0.2) is 71.6 Å². The molecule has 1 N–H and O–H groups in total. The lowest BCUT2D eigenvalue weighted by Gasteiger charge is -2.20.